The molecule has 0 aliphatic carbocycles. The van der Waals surface area contributed by atoms with E-state index in [0.29, 0.717) is 35.6 Å². The van der Waals surface area contributed by atoms with E-state index < -0.39 is 29.3 Å². The molecular weight excluding hydrogens is 542 g/mol. The number of carbonyl (C=O) groups excluding carboxylic acids is 3. The first-order valence-corrected chi connectivity index (χ1v) is 13.7. The summed E-state index contributed by atoms with van der Waals surface area (Å²) in [7, 11) is 1.55. The second-order valence-electron chi connectivity index (χ2n) is 10.7. The molecule has 2 atom stereocenters. The van der Waals surface area contributed by atoms with Crippen LogP contribution in [0.5, 0.6) is 11.5 Å². The molecule has 2 aliphatic rings. The van der Waals surface area contributed by atoms with Gasteiger partial charge in [-0.15, -0.1) is 0 Å². The van der Waals surface area contributed by atoms with E-state index in [1.165, 1.54) is 11.1 Å². The molecule has 2 aliphatic heterocycles. The van der Waals surface area contributed by atoms with Crippen molar-refractivity contribution >= 4 is 17.7 Å². The van der Waals surface area contributed by atoms with E-state index in [9.17, 15) is 24.0 Å². The lowest BCUT2D eigenvalue weighted by molar-refractivity contribution is -0.138. The predicted molar refractivity (Wildman–Crippen MR) is 152 cm³/mol. The Bertz CT molecular complexity index is 1650. The highest BCUT2D eigenvalue weighted by Crippen LogP contribution is 2.28. The third kappa shape index (κ3) is 6.44. The minimum absolute atomic E-state index is 0.147. The number of rotatable bonds is 2. The maximum Gasteiger partial charge on any atom is 0.328 e. The second kappa shape index (κ2) is 12.0. The van der Waals surface area contributed by atoms with Gasteiger partial charge in [0.25, 0.3) is 11.5 Å². The summed E-state index contributed by atoms with van der Waals surface area (Å²) in [6.45, 7) is 3.74. The number of H-pyrrole nitrogens is 1. The van der Waals surface area contributed by atoms with Crippen molar-refractivity contribution in [3.8, 4) is 11.5 Å². The van der Waals surface area contributed by atoms with Crippen LogP contribution in [-0.4, -0.2) is 75.9 Å². The molecule has 42 heavy (non-hydrogen) atoms. The van der Waals surface area contributed by atoms with E-state index in [4.69, 9.17) is 9.47 Å². The first-order valence-electron chi connectivity index (χ1n) is 13.7. The second-order valence-corrected chi connectivity index (χ2v) is 10.7. The number of likely N-dealkylation sites (N-methyl/N-ethyl adjacent to an activating group) is 1. The molecule has 0 radical (unpaired) electrons. The Kier molecular flexibility index (Phi) is 8.25. The summed E-state index contributed by atoms with van der Waals surface area (Å²) in [6.07, 6.45) is 1.37. The molecule has 1 aromatic heterocycles. The average Bonchev–Trinajstić information content (AvgIpc) is 2.95. The van der Waals surface area contributed by atoms with Gasteiger partial charge in [-0.3, -0.25) is 28.7 Å². The average molecular weight is 576 g/mol. The van der Waals surface area contributed by atoms with Crippen LogP contribution in [0.1, 0.15) is 33.5 Å². The maximum absolute atomic E-state index is 13.2. The highest BCUT2D eigenvalue weighted by molar-refractivity contribution is 5.96. The van der Waals surface area contributed by atoms with Gasteiger partial charge >= 0.3 is 5.69 Å². The lowest BCUT2D eigenvalue weighted by atomic mass is 10.0. The molecular formula is C30H33N5O7. The Labute approximate surface area is 241 Å². The number of benzene rings is 2. The summed E-state index contributed by atoms with van der Waals surface area (Å²) >= 11 is 0. The van der Waals surface area contributed by atoms with Gasteiger partial charge in [0.1, 0.15) is 18.0 Å². The molecule has 1 saturated heterocycles. The molecule has 2 aromatic carbocycles. The van der Waals surface area contributed by atoms with Crippen LogP contribution in [0.15, 0.2) is 58.3 Å². The van der Waals surface area contributed by atoms with Crippen molar-refractivity contribution < 1.29 is 23.9 Å². The number of nitrogens with one attached hydrogen (secondary N) is 2. The number of nitrogens with zero attached hydrogens (tertiary/aromatic N) is 3. The fourth-order valence-electron chi connectivity index (χ4n) is 5.11. The molecule has 0 spiro atoms. The van der Waals surface area contributed by atoms with Crippen molar-refractivity contribution in [1.82, 2.24) is 24.7 Å². The van der Waals surface area contributed by atoms with Crippen molar-refractivity contribution in [2.75, 3.05) is 26.7 Å². The molecule has 1 fully saturated rings. The summed E-state index contributed by atoms with van der Waals surface area (Å²) in [6, 6.07) is 12.1. The number of amides is 3. The Morgan fingerprint density at radius 2 is 1.86 bits per heavy atom. The Morgan fingerprint density at radius 1 is 1.05 bits per heavy atom. The van der Waals surface area contributed by atoms with Crippen molar-refractivity contribution in [1.29, 1.82) is 0 Å². The molecule has 2 N–H and O–H groups in total. The van der Waals surface area contributed by atoms with Crippen LogP contribution < -0.4 is 21.3 Å². The van der Waals surface area contributed by atoms with E-state index in [1.807, 2.05) is 31.2 Å². The molecule has 3 heterocycles. The number of likely N-dealkylation sites (tertiary alicyclic amines) is 1. The van der Waals surface area contributed by atoms with E-state index in [-0.39, 0.29) is 38.1 Å². The van der Waals surface area contributed by atoms with E-state index >= 15 is 0 Å². The monoisotopic (exact) mass is 575 g/mol. The summed E-state index contributed by atoms with van der Waals surface area (Å²) in [5.41, 5.74) is 1.25. The van der Waals surface area contributed by atoms with Crippen LogP contribution in [0.25, 0.3) is 0 Å². The lowest BCUT2D eigenvalue weighted by Gasteiger charge is -2.39. The topological polar surface area (TPSA) is 143 Å². The largest absolute Gasteiger partial charge is 0.457 e. The van der Waals surface area contributed by atoms with Gasteiger partial charge < -0.3 is 24.6 Å². The van der Waals surface area contributed by atoms with E-state index in [0.717, 1.165) is 15.7 Å². The number of hydrogen-bond acceptors (Lipinski definition) is 7. The van der Waals surface area contributed by atoms with Gasteiger partial charge in [-0.1, -0.05) is 18.2 Å². The van der Waals surface area contributed by atoms with Gasteiger partial charge in [-0.25, -0.2) is 4.79 Å². The number of aryl methyl sites for hydroxylation is 2. The third-order valence-corrected chi connectivity index (χ3v) is 7.50. The van der Waals surface area contributed by atoms with Crippen molar-refractivity contribution in [3.63, 3.8) is 0 Å². The first-order chi connectivity index (χ1) is 20.1. The van der Waals surface area contributed by atoms with Gasteiger partial charge in [0, 0.05) is 37.5 Å². The quantitative estimate of drug-likeness (QED) is 0.469. The maximum atomic E-state index is 13.2. The number of ether oxygens (including phenoxy) is 2. The van der Waals surface area contributed by atoms with Gasteiger partial charge in [0.15, 0.2) is 0 Å². The van der Waals surface area contributed by atoms with Crippen molar-refractivity contribution in [2.24, 2.45) is 0 Å². The number of aromatic nitrogens is 2. The fraction of sp³-hybridized carbons (Fsp3) is 0.367. The molecule has 0 saturated carbocycles. The normalized spacial score (nSPS) is 19.5. The summed E-state index contributed by atoms with van der Waals surface area (Å²) in [5.74, 6) is 0.0628. The molecule has 12 nitrogen and oxygen atoms in total. The standard InChI is InChI=1S/C30H33N5O7/c1-18-7-8-21-12-25(18)42-22-6-4-5-20(11-22)17-41-24-9-10-34(14-23(24)31-26(36)15-33(3)29(21)39)27(37)16-35-13-19(2)28(38)32-30(35)40/h4-8,11-13,23-24H,9-10,14-17H2,1-3H3,(H,31,36)(H,32,38,40)/t23-,24+/m0/s1. The first kappa shape index (κ1) is 28.8. The molecule has 4 bridgehead atoms. The molecule has 5 rings (SSSR count). The number of aromatic amines is 1. The molecule has 3 aromatic rings. The Morgan fingerprint density at radius 3 is 2.67 bits per heavy atom. The van der Waals surface area contributed by atoms with Crippen LogP contribution in [0.3, 0.4) is 0 Å². The van der Waals surface area contributed by atoms with Gasteiger partial charge in [-0.2, -0.15) is 0 Å². The zero-order valence-electron chi connectivity index (χ0n) is 23.7. The summed E-state index contributed by atoms with van der Waals surface area (Å²) in [4.78, 5) is 68.5. The van der Waals surface area contributed by atoms with Gasteiger partial charge in [0.05, 0.1) is 25.3 Å². The zero-order valence-corrected chi connectivity index (χ0v) is 23.7. The van der Waals surface area contributed by atoms with Gasteiger partial charge in [-0.05, 0) is 55.7 Å². The summed E-state index contributed by atoms with van der Waals surface area (Å²) in [5, 5.41) is 2.96. The minimum Gasteiger partial charge on any atom is -0.457 e. The molecule has 0 unspecified atom stereocenters. The van der Waals surface area contributed by atoms with Crippen LogP contribution in [0.2, 0.25) is 0 Å². The van der Waals surface area contributed by atoms with Crippen LogP contribution in [0, 0.1) is 13.8 Å². The number of hydrogen-bond donors (Lipinski definition) is 2. The smallest absolute Gasteiger partial charge is 0.328 e. The number of carbonyl (C=O) groups is 3. The SMILES string of the molecule is Cc1ccc2cc1Oc1cccc(c1)CO[C@@H]1CCN(C(=O)Cn3cc(C)c(=O)[nH]c3=O)C[C@@H]1NC(=O)CN(C)C2=O. The molecule has 220 valence electrons. The number of piperidine rings is 1. The molecule has 3 amide bonds. The zero-order chi connectivity index (χ0) is 30.0. The van der Waals surface area contributed by atoms with Gasteiger partial charge in [0.2, 0.25) is 11.8 Å². The number of fused-ring (bicyclic) bond motifs is 5. The Hall–Kier alpha value is -4.71. The van der Waals surface area contributed by atoms with Crippen molar-refractivity contribution in [2.45, 2.75) is 45.6 Å². The third-order valence-electron chi connectivity index (χ3n) is 7.50. The fourth-order valence-corrected chi connectivity index (χ4v) is 5.11. The van der Waals surface area contributed by atoms with Crippen LogP contribution in [-0.2, 0) is 27.5 Å². The van der Waals surface area contributed by atoms with Crippen molar-refractivity contribution in [3.05, 3.63) is 91.8 Å². The molecule has 12 heteroatoms. The van der Waals surface area contributed by atoms with Crippen LogP contribution in [0.4, 0.5) is 0 Å². The predicted octanol–water partition coefficient (Wildman–Crippen LogP) is 1.33. The van der Waals surface area contributed by atoms with Crippen LogP contribution >= 0.6 is 0 Å². The highest BCUT2D eigenvalue weighted by Gasteiger charge is 2.34. The van der Waals surface area contributed by atoms with E-state index in [1.54, 1.807) is 37.1 Å². The highest BCUT2D eigenvalue weighted by atomic mass is 16.5. The summed E-state index contributed by atoms with van der Waals surface area (Å²) < 4.78 is 13.5. The minimum atomic E-state index is -0.671. The van der Waals surface area contributed by atoms with E-state index in [2.05, 4.69) is 10.3 Å². The Balaban J connectivity index is 1.38. The lowest BCUT2D eigenvalue weighted by Crippen LogP contribution is -2.58.